The number of hydrogen-bond acceptors (Lipinski definition) is 9. The van der Waals surface area contributed by atoms with E-state index < -0.39 is 28.1 Å². The number of ether oxygens (including phenoxy) is 3. The van der Waals surface area contributed by atoms with Crippen molar-refractivity contribution in [3.63, 3.8) is 0 Å². The quantitative estimate of drug-likeness (QED) is 0.262. The van der Waals surface area contributed by atoms with Crippen molar-refractivity contribution in [1.29, 1.82) is 0 Å². The van der Waals surface area contributed by atoms with Crippen LogP contribution < -0.4 is 9.47 Å². The molecule has 2 aromatic carbocycles. The van der Waals surface area contributed by atoms with Crippen LogP contribution in [-0.4, -0.2) is 22.0 Å². The highest BCUT2D eigenvalue weighted by Gasteiger charge is 2.22. The first-order valence-electron chi connectivity index (χ1n) is 8.83. The molecule has 0 N–H and O–H groups in total. The summed E-state index contributed by atoms with van der Waals surface area (Å²) in [5, 5.41) is 21.7. The number of carbonyl (C=O) groups excluding carboxylic acids is 2. The predicted octanol–water partition coefficient (Wildman–Crippen LogP) is 4.49. The molecule has 0 fully saturated rings. The molecule has 0 radical (unpaired) electrons. The molecule has 0 aliphatic rings. The van der Waals surface area contributed by atoms with Gasteiger partial charge in [0.2, 0.25) is 0 Å². The number of benzene rings is 2. The summed E-state index contributed by atoms with van der Waals surface area (Å²) in [6, 6.07) is 8.17. The highest BCUT2D eigenvalue weighted by atomic mass is 16.7. The van der Waals surface area contributed by atoms with Crippen LogP contribution in [-0.2, 0) is 9.53 Å². The van der Waals surface area contributed by atoms with Crippen LogP contribution in [0.4, 0.5) is 16.2 Å². The van der Waals surface area contributed by atoms with Crippen molar-refractivity contribution in [2.24, 2.45) is 0 Å². The maximum Gasteiger partial charge on any atom is 0.519 e. The normalized spacial score (nSPS) is 11.3. The zero-order valence-corrected chi connectivity index (χ0v) is 16.1. The number of rotatable bonds is 8. The van der Waals surface area contributed by atoms with Crippen molar-refractivity contribution in [3.05, 3.63) is 68.3 Å². The van der Waals surface area contributed by atoms with E-state index in [9.17, 15) is 29.8 Å². The number of nitro benzene ring substituents is 2. The van der Waals surface area contributed by atoms with E-state index in [4.69, 9.17) is 14.2 Å². The third-order valence-electron chi connectivity index (χ3n) is 3.85. The van der Waals surface area contributed by atoms with Gasteiger partial charge < -0.3 is 14.2 Å². The Balaban J connectivity index is 2.20. The summed E-state index contributed by atoms with van der Waals surface area (Å²) < 4.78 is 15.3. The SMILES string of the molecule is CCCC(=O)OC(C)c1cc([N+](=O)[O-])ccc1OC(=O)Oc1ccc([N+](=O)[O-])cc1. The van der Waals surface area contributed by atoms with Crippen LogP contribution in [0.5, 0.6) is 11.5 Å². The minimum atomic E-state index is -1.17. The van der Waals surface area contributed by atoms with Gasteiger partial charge in [0.1, 0.15) is 17.6 Å². The lowest BCUT2D eigenvalue weighted by Gasteiger charge is -2.16. The van der Waals surface area contributed by atoms with E-state index in [1.807, 2.05) is 0 Å². The fourth-order valence-electron chi connectivity index (χ4n) is 2.43. The van der Waals surface area contributed by atoms with Gasteiger partial charge in [-0.05, 0) is 31.5 Å². The van der Waals surface area contributed by atoms with Gasteiger partial charge in [0.05, 0.1) is 9.85 Å². The minimum Gasteiger partial charge on any atom is -0.458 e. The third kappa shape index (κ3) is 5.99. The Morgan fingerprint density at radius 3 is 2.13 bits per heavy atom. The zero-order chi connectivity index (χ0) is 22.3. The first kappa shape index (κ1) is 22.3. The predicted molar refractivity (Wildman–Crippen MR) is 102 cm³/mol. The van der Waals surface area contributed by atoms with Crippen LogP contribution in [0.25, 0.3) is 0 Å². The minimum absolute atomic E-state index is 0.00326. The highest BCUT2D eigenvalue weighted by molar-refractivity contribution is 5.70. The van der Waals surface area contributed by atoms with Gasteiger partial charge in [-0.25, -0.2) is 4.79 Å². The molecule has 2 rings (SSSR count). The van der Waals surface area contributed by atoms with E-state index in [2.05, 4.69) is 0 Å². The number of nitro groups is 2. The van der Waals surface area contributed by atoms with Crippen LogP contribution in [0.3, 0.4) is 0 Å². The van der Waals surface area contributed by atoms with Gasteiger partial charge in [-0.3, -0.25) is 25.0 Å². The second kappa shape index (κ2) is 9.96. The lowest BCUT2D eigenvalue weighted by atomic mass is 10.1. The molecule has 0 saturated heterocycles. The van der Waals surface area contributed by atoms with Gasteiger partial charge in [-0.2, -0.15) is 0 Å². The van der Waals surface area contributed by atoms with Crippen molar-refractivity contribution in [3.8, 4) is 11.5 Å². The molecule has 0 aliphatic carbocycles. The summed E-state index contributed by atoms with van der Waals surface area (Å²) >= 11 is 0. The van der Waals surface area contributed by atoms with E-state index in [1.54, 1.807) is 6.92 Å². The first-order chi connectivity index (χ1) is 14.2. The van der Waals surface area contributed by atoms with Crippen molar-refractivity contribution >= 4 is 23.5 Å². The Morgan fingerprint density at radius 1 is 0.967 bits per heavy atom. The van der Waals surface area contributed by atoms with E-state index in [0.717, 1.165) is 24.3 Å². The monoisotopic (exact) mass is 418 g/mol. The Bertz CT molecular complexity index is 957. The molecular formula is C19H18N2O9. The van der Waals surface area contributed by atoms with E-state index >= 15 is 0 Å². The molecule has 0 heterocycles. The molecule has 0 aliphatic heterocycles. The molecule has 0 aromatic heterocycles. The molecular weight excluding hydrogens is 400 g/mol. The van der Waals surface area contributed by atoms with Gasteiger partial charge in [0, 0.05) is 36.2 Å². The molecule has 0 saturated carbocycles. The van der Waals surface area contributed by atoms with Crippen molar-refractivity contribution in [1.82, 2.24) is 0 Å². The number of nitrogens with zero attached hydrogens (tertiary/aromatic N) is 2. The van der Waals surface area contributed by atoms with Crippen molar-refractivity contribution in [2.45, 2.75) is 32.8 Å². The Kier molecular flexibility index (Phi) is 7.39. The Hall–Kier alpha value is -4.02. The fourth-order valence-corrected chi connectivity index (χ4v) is 2.43. The summed E-state index contributed by atoms with van der Waals surface area (Å²) in [5.41, 5.74) is -0.357. The van der Waals surface area contributed by atoms with Gasteiger partial charge >= 0.3 is 12.1 Å². The number of hydrogen-bond donors (Lipinski definition) is 0. The third-order valence-corrected chi connectivity index (χ3v) is 3.85. The molecule has 0 bridgehead atoms. The number of carbonyl (C=O) groups is 2. The van der Waals surface area contributed by atoms with Crippen LogP contribution in [0.1, 0.15) is 38.4 Å². The summed E-state index contributed by atoms with van der Waals surface area (Å²) in [6.45, 7) is 3.28. The van der Waals surface area contributed by atoms with E-state index in [1.165, 1.54) is 25.1 Å². The van der Waals surface area contributed by atoms with Crippen molar-refractivity contribution in [2.75, 3.05) is 0 Å². The Labute approximate surface area is 170 Å². The smallest absolute Gasteiger partial charge is 0.458 e. The summed E-state index contributed by atoms with van der Waals surface area (Å²) in [4.78, 5) is 44.3. The molecule has 11 heteroatoms. The number of non-ortho nitro benzene ring substituents is 2. The maximum absolute atomic E-state index is 12.1. The van der Waals surface area contributed by atoms with E-state index in [-0.39, 0.29) is 34.9 Å². The number of esters is 1. The molecule has 1 atom stereocenters. The van der Waals surface area contributed by atoms with Gasteiger partial charge in [-0.1, -0.05) is 6.92 Å². The van der Waals surface area contributed by atoms with Crippen LogP contribution in [0.15, 0.2) is 42.5 Å². The largest absolute Gasteiger partial charge is 0.519 e. The average molecular weight is 418 g/mol. The topological polar surface area (TPSA) is 148 Å². The van der Waals surface area contributed by atoms with E-state index in [0.29, 0.717) is 6.42 Å². The summed E-state index contributed by atoms with van der Waals surface area (Å²) in [7, 11) is 0. The van der Waals surface area contributed by atoms with Gasteiger partial charge in [0.25, 0.3) is 11.4 Å². The molecule has 1 unspecified atom stereocenters. The van der Waals surface area contributed by atoms with Crippen LogP contribution >= 0.6 is 0 Å². The first-order valence-corrected chi connectivity index (χ1v) is 8.83. The molecule has 11 nitrogen and oxygen atoms in total. The highest BCUT2D eigenvalue weighted by Crippen LogP contribution is 2.32. The van der Waals surface area contributed by atoms with Crippen molar-refractivity contribution < 1.29 is 33.6 Å². The zero-order valence-electron chi connectivity index (χ0n) is 16.1. The van der Waals surface area contributed by atoms with Crippen LogP contribution in [0, 0.1) is 20.2 Å². The molecule has 2 aromatic rings. The molecule has 30 heavy (non-hydrogen) atoms. The molecule has 158 valence electrons. The maximum atomic E-state index is 12.1. The van der Waals surface area contributed by atoms with Gasteiger partial charge in [-0.15, -0.1) is 0 Å². The summed E-state index contributed by atoms with van der Waals surface area (Å²) in [6.07, 6.45) is -1.37. The lowest BCUT2D eigenvalue weighted by molar-refractivity contribution is -0.385. The second-order valence-corrected chi connectivity index (χ2v) is 6.07. The van der Waals surface area contributed by atoms with Gasteiger partial charge in [0.15, 0.2) is 0 Å². The molecule has 0 spiro atoms. The lowest BCUT2D eigenvalue weighted by Crippen LogP contribution is -2.16. The summed E-state index contributed by atoms with van der Waals surface area (Å²) in [5.74, 6) is -0.600. The second-order valence-electron chi connectivity index (χ2n) is 6.07. The average Bonchev–Trinajstić information content (AvgIpc) is 2.68. The standard InChI is InChI=1S/C19H18N2O9/c1-3-4-18(22)28-12(2)16-11-14(21(26)27)7-10-17(16)30-19(23)29-15-8-5-13(6-9-15)20(24)25/h5-12H,3-4H2,1-2H3. The fraction of sp³-hybridized carbons (Fsp3) is 0.263. The Morgan fingerprint density at radius 2 is 1.57 bits per heavy atom. The van der Waals surface area contributed by atoms with Crippen LogP contribution in [0.2, 0.25) is 0 Å². The molecule has 0 amide bonds.